The molecule has 0 bridgehead atoms. The Morgan fingerprint density at radius 2 is 2.14 bits per heavy atom. The summed E-state index contributed by atoms with van der Waals surface area (Å²) in [5.41, 5.74) is 2.18. The zero-order valence-electron chi connectivity index (χ0n) is 12.1. The summed E-state index contributed by atoms with van der Waals surface area (Å²) < 4.78 is 6.36. The predicted molar refractivity (Wildman–Crippen MR) is 78.9 cm³/mol. The lowest BCUT2D eigenvalue weighted by Crippen LogP contribution is -2.15. The lowest BCUT2D eigenvalue weighted by molar-refractivity contribution is 0.0943. The number of aromatic nitrogens is 2. The number of hydrogen-bond donors (Lipinski definition) is 0. The van der Waals surface area contributed by atoms with E-state index in [0.717, 1.165) is 11.3 Å². The van der Waals surface area contributed by atoms with Crippen molar-refractivity contribution in [3.63, 3.8) is 0 Å². The minimum atomic E-state index is -0.439. The molecule has 0 saturated heterocycles. The highest BCUT2D eigenvalue weighted by molar-refractivity contribution is 6.03. The maximum Gasteiger partial charge on any atom is 0.289 e. The third-order valence-corrected chi connectivity index (χ3v) is 2.96. The van der Waals surface area contributed by atoms with E-state index in [4.69, 9.17) is 4.74 Å². The van der Waals surface area contributed by atoms with Crippen molar-refractivity contribution < 1.29 is 9.53 Å². The van der Waals surface area contributed by atoms with E-state index in [-0.39, 0.29) is 5.57 Å². The second-order valence-electron chi connectivity index (χ2n) is 4.59. The molecule has 5 nitrogen and oxygen atoms in total. The van der Waals surface area contributed by atoms with Crippen LogP contribution in [0.3, 0.4) is 0 Å². The molecule has 21 heavy (non-hydrogen) atoms. The lowest BCUT2D eigenvalue weighted by atomic mass is 10.1. The molecule has 2 aromatic rings. The maximum atomic E-state index is 12.3. The highest BCUT2D eigenvalue weighted by Gasteiger charge is 2.15. The van der Waals surface area contributed by atoms with Gasteiger partial charge in [-0.1, -0.05) is 12.1 Å². The van der Waals surface area contributed by atoms with Crippen LogP contribution in [0.5, 0.6) is 5.75 Å². The summed E-state index contributed by atoms with van der Waals surface area (Å²) in [5.74, 6) is 0.227. The van der Waals surface area contributed by atoms with Crippen LogP contribution in [0.1, 0.15) is 21.7 Å². The van der Waals surface area contributed by atoms with Crippen molar-refractivity contribution in [3.05, 3.63) is 52.9 Å². The molecule has 1 aromatic heterocycles. The Morgan fingerprint density at radius 1 is 1.38 bits per heavy atom. The second-order valence-corrected chi connectivity index (χ2v) is 4.59. The third-order valence-electron chi connectivity index (χ3n) is 2.96. The van der Waals surface area contributed by atoms with Gasteiger partial charge in [0, 0.05) is 5.69 Å². The smallest absolute Gasteiger partial charge is 0.289 e. The Hall–Kier alpha value is -2.87. The molecule has 0 radical (unpaired) electrons. The van der Waals surface area contributed by atoms with Gasteiger partial charge in [-0.05, 0) is 43.7 Å². The lowest BCUT2D eigenvalue weighted by Gasteiger charge is -2.03. The average molecular weight is 281 g/mol. The molecule has 0 aliphatic heterocycles. The van der Waals surface area contributed by atoms with Crippen molar-refractivity contribution in [1.29, 1.82) is 5.26 Å². The van der Waals surface area contributed by atoms with Gasteiger partial charge in [0.25, 0.3) is 5.91 Å². The van der Waals surface area contributed by atoms with Crippen LogP contribution in [0.2, 0.25) is 0 Å². The van der Waals surface area contributed by atoms with Crippen molar-refractivity contribution >= 4 is 12.0 Å². The van der Waals surface area contributed by atoms with Crippen molar-refractivity contribution in [2.45, 2.75) is 13.8 Å². The van der Waals surface area contributed by atoms with Gasteiger partial charge in [-0.25, -0.2) is 4.68 Å². The molecule has 0 unspecified atom stereocenters. The van der Waals surface area contributed by atoms with Gasteiger partial charge >= 0.3 is 0 Å². The van der Waals surface area contributed by atoms with Crippen LogP contribution >= 0.6 is 0 Å². The number of allylic oxidation sites excluding steroid dienone is 1. The molecule has 0 spiro atoms. The van der Waals surface area contributed by atoms with Crippen molar-refractivity contribution in [2.75, 3.05) is 7.11 Å². The molecule has 0 aliphatic rings. The fraction of sp³-hybridized carbons (Fsp3) is 0.188. The first-order valence-corrected chi connectivity index (χ1v) is 6.39. The number of nitrogens with zero attached hydrogens (tertiary/aromatic N) is 3. The summed E-state index contributed by atoms with van der Waals surface area (Å²) in [4.78, 5) is 12.3. The Labute approximate surface area is 123 Å². The Morgan fingerprint density at radius 3 is 2.71 bits per heavy atom. The average Bonchev–Trinajstić information content (AvgIpc) is 2.83. The first-order valence-electron chi connectivity index (χ1n) is 6.39. The number of carbonyl (C=O) groups is 1. The first-order chi connectivity index (χ1) is 10.0. The van der Waals surface area contributed by atoms with E-state index < -0.39 is 5.91 Å². The largest absolute Gasteiger partial charge is 0.497 e. The summed E-state index contributed by atoms with van der Waals surface area (Å²) in [6.45, 7) is 3.58. The highest BCUT2D eigenvalue weighted by atomic mass is 16.5. The zero-order chi connectivity index (χ0) is 15.4. The summed E-state index contributed by atoms with van der Waals surface area (Å²) in [6.07, 6.45) is 1.53. The molecule has 0 atom stereocenters. The fourth-order valence-corrected chi connectivity index (χ4v) is 1.99. The minimum absolute atomic E-state index is 0.0226. The molecule has 5 heteroatoms. The molecular weight excluding hydrogens is 266 g/mol. The van der Waals surface area contributed by atoms with E-state index in [2.05, 4.69) is 5.10 Å². The first kappa shape index (κ1) is 14.5. The number of benzene rings is 1. The van der Waals surface area contributed by atoms with Crippen LogP contribution in [-0.4, -0.2) is 22.8 Å². The van der Waals surface area contributed by atoms with Crippen LogP contribution in [0.15, 0.2) is 35.9 Å². The van der Waals surface area contributed by atoms with Gasteiger partial charge in [-0.3, -0.25) is 4.79 Å². The molecule has 0 fully saturated rings. The van der Waals surface area contributed by atoms with Crippen LogP contribution in [0, 0.1) is 25.2 Å². The number of methoxy groups -OCH3 is 1. The van der Waals surface area contributed by atoms with Gasteiger partial charge in [0.05, 0.1) is 12.8 Å². The number of nitriles is 1. The SMILES string of the molecule is COc1cccc(/C=C(\C#N)C(=O)n2nc(C)cc2C)c1. The maximum absolute atomic E-state index is 12.3. The number of aryl methyl sites for hydroxylation is 2. The van der Waals surface area contributed by atoms with E-state index in [0.29, 0.717) is 11.4 Å². The zero-order valence-corrected chi connectivity index (χ0v) is 12.1. The molecule has 1 aromatic carbocycles. The van der Waals surface area contributed by atoms with Crippen LogP contribution in [0.25, 0.3) is 6.08 Å². The van der Waals surface area contributed by atoms with Crippen LogP contribution in [-0.2, 0) is 0 Å². The van der Waals surface area contributed by atoms with E-state index in [9.17, 15) is 10.1 Å². The molecule has 106 valence electrons. The minimum Gasteiger partial charge on any atom is -0.497 e. The van der Waals surface area contributed by atoms with Crippen LogP contribution in [0.4, 0.5) is 0 Å². The van der Waals surface area contributed by atoms with Crippen molar-refractivity contribution in [3.8, 4) is 11.8 Å². The van der Waals surface area contributed by atoms with Gasteiger partial charge in [0.1, 0.15) is 17.4 Å². The summed E-state index contributed by atoms with van der Waals surface area (Å²) in [6, 6.07) is 10.9. The normalized spacial score (nSPS) is 11.0. The quantitative estimate of drug-likeness (QED) is 0.641. The Balaban J connectivity index is 2.39. The van der Waals surface area contributed by atoms with Crippen molar-refractivity contribution in [1.82, 2.24) is 9.78 Å². The standard InChI is InChI=1S/C16H15N3O2/c1-11-7-12(2)19(18-11)16(20)14(10-17)8-13-5-4-6-15(9-13)21-3/h4-9H,1-3H3/b14-8+. The fourth-order valence-electron chi connectivity index (χ4n) is 1.99. The monoisotopic (exact) mass is 281 g/mol. The molecule has 1 heterocycles. The Bertz CT molecular complexity index is 751. The Kier molecular flexibility index (Phi) is 4.19. The number of rotatable bonds is 3. The topological polar surface area (TPSA) is 67.9 Å². The molecule has 0 N–H and O–H groups in total. The van der Waals surface area contributed by atoms with Crippen molar-refractivity contribution in [2.24, 2.45) is 0 Å². The van der Waals surface area contributed by atoms with Gasteiger partial charge in [0.15, 0.2) is 0 Å². The number of ether oxygens (including phenoxy) is 1. The van der Waals surface area contributed by atoms with E-state index in [1.165, 1.54) is 10.8 Å². The molecule has 0 amide bonds. The van der Waals surface area contributed by atoms with Gasteiger partial charge < -0.3 is 4.74 Å². The van der Waals surface area contributed by atoms with Gasteiger partial charge in [-0.2, -0.15) is 10.4 Å². The number of carbonyl (C=O) groups excluding carboxylic acids is 1. The predicted octanol–water partition coefficient (Wildman–Crippen LogP) is 2.76. The third kappa shape index (κ3) is 3.18. The summed E-state index contributed by atoms with van der Waals surface area (Å²) >= 11 is 0. The van der Waals surface area contributed by atoms with E-state index >= 15 is 0 Å². The van der Waals surface area contributed by atoms with E-state index in [1.807, 2.05) is 6.07 Å². The van der Waals surface area contributed by atoms with Crippen LogP contribution < -0.4 is 4.74 Å². The molecule has 2 rings (SSSR count). The van der Waals surface area contributed by atoms with Gasteiger partial charge in [-0.15, -0.1) is 0 Å². The summed E-state index contributed by atoms with van der Waals surface area (Å²) in [5, 5.41) is 13.3. The number of hydrogen-bond acceptors (Lipinski definition) is 4. The summed E-state index contributed by atoms with van der Waals surface area (Å²) in [7, 11) is 1.56. The molecule has 0 saturated carbocycles. The van der Waals surface area contributed by atoms with E-state index in [1.54, 1.807) is 51.3 Å². The molecule has 0 aliphatic carbocycles. The highest BCUT2D eigenvalue weighted by Crippen LogP contribution is 2.16. The second kappa shape index (κ2) is 6.06. The molecular formula is C16H15N3O2. The van der Waals surface area contributed by atoms with Gasteiger partial charge in [0.2, 0.25) is 0 Å².